The molecule has 0 aliphatic carbocycles. The molecule has 3 heteroatoms. The van der Waals surface area contributed by atoms with Gasteiger partial charge in [-0.05, 0) is 29.3 Å². The Labute approximate surface area is 117 Å². The summed E-state index contributed by atoms with van der Waals surface area (Å²) in [5.41, 5.74) is 3.40. The van der Waals surface area contributed by atoms with E-state index in [1.807, 2.05) is 41.1 Å². The molecule has 0 aliphatic heterocycles. The molecule has 0 aliphatic rings. The third-order valence-corrected chi connectivity index (χ3v) is 3.41. The maximum absolute atomic E-state index is 11.4. The Morgan fingerprint density at radius 1 is 1.05 bits per heavy atom. The van der Waals surface area contributed by atoms with E-state index in [9.17, 15) is 4.79 Å². The average molecular weight is 265 g/mol. The highest BCUT2D eigenvalue weighted by Crippen LogP contribution is 2.25. The third-order valence-electron chi connectivity index (χ3n) is 3.41. The first kappa shape index (κ1) is 12.5. The van der Waals surface area contributed by atoms with Gasteiger partial charge in [-0.1, -0.05) is 36.4 Å². The number of nitrogens with zero attached hydrogens (tertiary/aromatic N) is 1. The first-order chi connectivity index (χ1) is 9.78. The summed E-state index contributed by atoms with van der Waals surface area (Å²) in [5.74, 6) is -0.241. The van der Waals surface area contributed by atoms with Gasteiger partial charge in [0.15, 0.2) is 0 Å². The van der Waals surface area contributed by atoms with Gasteiger partial charge in [0.05, 0.1) is 7.11 Å². The zero-order valence-electron chi connectivity index (χ0n) is 11.2. The molecule has 20 heavy (non-hydrogen) atoms. The number of hydrogen-bond donors (Lipinski definition) is 0. The average Bonchev–Trinajstić information content (AvgIpc) is 2.90. The maximum atomic E-state index is 11.4. The van der Waals surface area contributed by atoms with Gasteiger partial charge in [-0.2, -0.15) is 0 Å². The summed E-state index contributed by atoms with van der Waals surface area (Å²) in [4.78, 5) is 11.4. The molecule has 0 N–H and O–H groups in total. The van der Waals surface area contributed by atoms with Crippen molar-refractivity contribution in [3.8, 4) is 11.1 Å². The monoisotopic (exact) mass is 265 g/mol. The second-order valence-electron chi connectivity index (χ2n) is 4.66. The van der Waals surface area contributed by atoms with Crippen LogP contribution in [0.4, 0.5) is 0 Å². The van der Waals surface area contributed by atoms with Crippen molar-refractivity contribution < 1.29 is 9.53 Å². The van der Waals surface area contributed by atoms with Crippen molar-refractivity contribution in [2.45, 2.75) is 6.54 Å². The van der Waals surface area contributed by atoms with E-state index >= 15 is 0 Å². The first-order valence-electron chi connectivity index (χ1n) is 6.49. The molecule has 0 unspecified atom stereocenters. The van der Waals surface area contributed by atoms with Gasteiger partial charge in [0.1, 0.15) is 6.54 Å². The number of carbonyl (C=O) groups excluding carboxylic acids is 1. The topological polar surface area (TPSA) is 31.2 Å². The molecule has 3 nitrogen and oxygen atoms in total. The van der Waals surface area contributed by atoms with Crippen LogP contribution in [0.1, 0.15) is 0 Å². The lowest BCUT2D eigenvalue weighted by molar-refractivity contribution is -0.141. The summed E-state index contributed by atoms with van der Waals surface area (Å²) in [6, 6.07) is 18.5. The van der Waals surface area contributed by atoms with Gasteiger partial charge < -0.3 is 9.30 Å². The second-order valence-corrected chi connectivity index (χ2v) is 4.66. The summed E-state index contributed by atoms with van der Waals surface area (Å²) < 4.78 is 6.60. The lowest BCUT2D eigenvalue weighted by Gasteiger charge is -2.05. The molecule has 1 heterocycles. The van der Waals surface area contributed by atoms with Crippen LogP contribution in [-0.4, -0.2) is 17.6 Å². The fraction of sp³-hybridized carbons (Fsp3) is 0.118. The smallest absolute Gasteiger partial charge is 0.325 e. The van der Waals surface area contributed by atoms with Crippen molar-refractivity contribution in [3.05, 3.63) is 60.8 Å². The maximum Gasteiger partial charge on any atom is 0.325 e. The van der Waals surface area contributed by atoms with Crippen molar-refractivity contribution in [3.63, 3.8) is 0 Å². The Morgan fingerprint density at radius 3 is 2.60 bits per heavy atom. The van der Waals surface area contributed by atoms with E-state index in [4.69, 9.17) is 4.74 Å². The highest BCUT2D eigenvalue weighted by atomic mass is 16.5. The van der Waals surface area contributed by atoms with Crippen LogP contribution in [0.5, 0.6) is 0 Å². The zero-order valence-corrected chi connectivity index (χ0v) is 11.2. The van der Waals surface area contributed by atoms with Crippen LogP contribution >= 0.6 is 0 Å². The second kappa shape index (κ2) is 5.21. The molecule has 3 aromatic rings. The van der Waals surface area contributed by atoms with Crippen molar-refractivity contribution in [1.29, 1.82) is 0 Å². The Bertz CT molecular complexity index is 744. The van der Waals surface area contributed by atoms with Crippen LogP contribution in [0, 0.1) is 0 Å². The highest BCUT2D eigenvalue weighted by molar-refractivity contribution is 5.86. The number of rotatable bonds is 3. The molecule has 0 saturated heterocycles. The molecule has 0 spiro atoms. The van der Waals surface area contributed by atoms with Gasteiger partial charge in [0.25, 0.3) is 0 Å². The van der Waals surface area contributed by atoms with Crippen LogP contribution in [-0.2, 0) is 16.1 Å². The largest absolute Gasteiger partial charge is 0.468 e. The number of methoxy groups -OCH3 is 1. The molecule has 2 aromatic carbocycles. The van der Waals surface area contributed by atoms with E-state index < -0.39 is 0 Å². The summed E-state index contributed by atoms with van der Waals surface area (Å²) in [6.07, 6.45) is 1.91. The van der Waals surface area contributed by atoms with Crippen molar-refractivity contribution in [2.75, 3.05) is 7.11 Å². The van der Waals surface area contributed by atoms with E-state index in [1.54, 1.807) is 0 Å². The molecule has 3 rings (SSSR count). The van der Waals surface area contributed by atoms with Gasteiger partial charge >= 0.3 is 5.97 Å². The predicted octanol–water partition coefficient (Wildman–Crippen LogP) is 3.48. The van der Waals surface area contributed by atoms with Gasteiger partial charge in [-0.15, -0.1) is 0 Å². The van der Waals surface area contributed by atoms with Crippen molar-refractivity contribution >= 4 is 16.9 Å². The fourth-order valence-corrected chi connectivity index (χ4v) is 2.35. The lowest BCUT2D eigenvalue weighted by Crippen LogP contribution is -2.10. The van der Waals surface area contributed by atoms with Crippen LogP contribution in [0.15, 0.2) is 60.8 Å². The number of esters is 1. The van der Waals surface area contributed by atoms with E-state index in [2.05, 4.69) is 24.3 Å². The van der Waals surface area contributed by atoms with Gasteiger partial charge in [0, 0.05) is 17.1 Å². The van der Waals surface area contributed by atoms with Crippen LogP contribution in [0.2, 0.25) is 0 Å². The van der Waals surface area contributed by atoms with Gasteiger partial charge in [-0.3, -0.25) is 4.79 Å². The molecular formula is C17H15NO2. The normalized spacial score (nSPS) is 10.7. The highest BCUT2D eigenvalue weighted by Gasteiger charge is 2.07. The lowest BCUT2D eigenvalue weighted by atomic mass is 10.0. The third kappa shape index (κ3) is 2.30. The number of fused-ring (bicyclic) bond motifs is 1. The quantitative estimate of drug-likeness (QED) is 0.679. The molecular weight excluding hydrogens is 250 g/mol. The van der Waals surface area contributed by atoms with Crippen LogP contribution in [0.25, 0.3) is 22.0 Å². The molecule has 100 valence electrons. The summed E-state index contributed by atoms with van der Waals surface area (Å²) >= 11 is 0. The number of hydrogen-bond acceptors (Lipinski definition) is 2. The Balaban J connectivity index is 2.00. The SMILES string of the molecule is COC(=O)Cn1ccc2cc(-c3ccccc3)ccc21. The van der Waals surface area contributed by atoms with Crippen molar-refractivity contribution in [2.24, 2.45) is 0 Å². The minimum absolute atomic E-state index is 0.241. The zero-order chi connectivity index (χ0) is 13.9. The fourth-order valence-electron chi connectivity index (χ4n) is 2.35. The standard InChI is InChI=1S/C17H15NO2/c1-20-17(19)12-18-10-9-15-11-14(7-8-16(15)18)13-5-3-2-4-6-13/h2-11H,12H2,1H3. The first-order valence-corrected chi connectivity index (χ1v) is 6.49. The molecule has 0 fully saturated rings. The Kier molecular flexibility index (Phi) is 3.25. The minimum atomic E-state index is -0.241. The summed E-state index contributed by atoms with van der Waals surface area (Å²) in [6.45, 7) is 0.241. The summed E-state index contributed by atoms with van der Waals surface area (Å²) in [7, 11) is 1.40. The van der Waals surface area contributed by atoms with E-state index in [0.29, 0.717) is 0 Å². The van der Waals surface area contributed by atoms with Gasteiger partial charge in [0.2, 0.25) is 0 Å². The molecule has 0 radical (unpaired) electrons. The van der Waals surface area contributed by atoms with E-state index in [1.165, 1.54) is 18.2 Å². The Morgan fingerprint density at radius 2 is 1.85 bits per heavy atom. The number of ether oxygens (including phenoxy) is 1. The predicted molar refractivity (Wildman–Crippen MR) is 79.4 cm³/mol. The van der Waals surface area contributed by atoms with Crippen molar-refractivity contribution in [1.82, 2.24) is 4.57 Å². The molecule has 0 saturated carbocycles. The minimum Gasteiger partial charge on any atom is -0.468 e. The van der Waals surface area contributed by atoms with Crippen LogP contribution < -0.4 is 0 Å². The Hall–Kier alpha value is -2.55. The van der Waals surface area contributed by atoms with E-state index in [0.717, 1.165) is 10.9 Å². The molecule has 1 aromatic heterocycles. The molecule has 0 bridgehead atoms. The number of carbonyl (C=O) groups is 1. The number of benzene rings is 2. The van der Waals surface area contributed by atoms with E-state index in [-0.39, 0.29) is 12.5 Å². The number of aromatic nitrogens is 1. The molecule has 0 amide bonds. The van der Waals surface area contributed by atoms with Crippen LogP contribution in [0.3, 0.4) is 0 Å². The molecule has 0 atom stereocenters. The van der Waals surface area contributed by atoms with Gasteiger partial charge in [-0.25, -0.2) is 0 Å². The summed E-state index contributed by atoms with van der Waals surface area (Å²) in [5, 5.41) is 1.12.